The standard InChI is InChI=1S/C7H7F2N3O/c8-3-1-4(9)6(2-5(3)10)12-7(11)13/h1-2H,10H2,(H3,11,12,13). The SMILES string of the molecule is NC(=O)Nc1cc(N)c(F)cc1F. The van der Waals surface area contributed by atoms with Gasteiger partial charge < -0.3 is 16.8 Å². The van der Waals surface area contributed by atoms with Crippen molar-refractivity contribution in [2.75, 3.05) is 11.1 Å². The third kappa shape index (κ3) is 2.05. The molecule has 1 aromatic carbocycles. The van der Waals surface area contributed by atoms with Gasteiger partial charge in [0.25, 0.3) is 0 Å². The summed E-state index contributed by atoms with van der Waals surface area (Å²) < 4.78 is 25.4. The Morgan fingerprint density at radius 3 is 2.46 bits per heavy atom. The van der Waals surface area contributed by atoms with Crippen molar-refractivity contribution in [3.63, 3.8) is 0 Å². The molecule has 0 atom stereocenters. The summed E-state index contributed by atoms with van der Waals surface area (Å²) in [5, 5.41) is 1.96. The lowest BCUT2D eigenvalue weighted by molar-refractivity contribution is 0.259. The van der Waals surface area contributed by atoms with Crippen LogP contribution in [-0.4, -0.2) is 6.03 Å². The molecule has 1 aromatic rings. The van der Waals surface area contributed by atoms with E-state index in [0.717, 1.165) is 6.07 Å². The minimum Gasteiger partial charge on any atom is -0.396 e. The van der Waals surface area contributed by atoms with Crippen LogP contribution in [0, 0.1) is 11.6 Å². The molecule has 1 rings (SSSR count). The molecule has 0 saturated heterocycles. The van der Waals surface area contributed by atoms with Crippen LogP contribution in [0.2, 0.25) is 0 Å². The molecule has 0 bridgehead atoms. The van der Waals surface area contributed by atoms with Crippen molar-refractivity contribution in [1.29, 1.82) is 0 Å². The van der Waals surface area contributed by atoms with E-state index in [9.17, 15) is 13.6 Å². The van der Waals surface area contributed by atoms with E-state index in [0.29, 0.717) is 6.07 Å². The average molecular weight is 187 g/mol. The number of rotatable bonds is 1. The first-order valence-electron chi connectivity index (χ1n) is 3.31. The summed E-state index contributed by atoms with van der Waals surface area (Å²) in [5.41, 5.74) is 9.36. The lowest BCUT2D eigenvalue weighted by Gasteiger charge is -2.04. The van der Waals surface area contributed by atoms with Crippen molar-refractivity contribution in [3.8, 4) is 0 Å². The van der Waals surface area contributed by atoms with E-state index in [4.69, 9.17) is 11.5 Å². The zero-order chi connectivity index (χ0) is 10.0. The van der Waals surface area contributed by atoms with Crippen molar-refractivity contribution in [1.82, 2.24) is 0 Å². The molecule has 0 fully saturated rings. The van der Waals surface area contributed by atoms with E-state index < -0.39 is 17.7 Å². The Morgan fingerprint density at radius 2 is 1.92 bits per heavy atom. The number of carbonyl (C=O) groups excluding carboxylic acids is 1. The van der Waals surface area contributed by atoms with Crippen molar-refractivity contribution >= 4 is 17.4 Å². The summed E-state index contributed by atoms with van der Waals surface area (Å²) in [6, 6.07) is 0.584. The van der Waals surface area contributed by atoms with E-state index in [1.165, 1.54) is 0 Å². The normalized spacial score (nSPS) is 9.69. The minimum atomic E-state index is -0.940. The Balaban J connectivity index is 3.08. The van der Waals surface area contributed by atoms with Crippen LogP contribution in [0.1, 0.15) is 0 Å². The number of hydrogen-bond acceptors (Lipinski definition) is 2. The highest BCUT2D eigenvalue weighted by Crippen LogP contribution is 2.20. The summed E-state index contributed by atoms with van der Waals surface area (Å²) in [5.74, 6) is -1.81. The van der Waals surface area contributed by atoms with Crippen molar-refractivity contribution < 1.29 is 13.6 Å². The first-order valence-corrected chi connectivity index (χ1v) is 3.31. The molecular weight excluding hydrogens is 180 g/mol. The highest BCUT2D eigenvalue weighted by atomic mass is 19.1. The summed E-state index contributed by atoms with van der Waals surface area (Å²) in [6.07, 6.45) is 0. The second-order valence-corrected chi connectivity index (χ2v) is 2.34. The molecule has 0 radical (unpaired) electrons. The van der Waals surface area contributed by atoms with Crippen LogP contribution in [0.15, 0.2) is 12.1 Å². The second kappa shape index (κ2) is 3.26. The van der Waals surface area contributed by atoms with Crippen LogP contribution in [0.25, 0.3) is 0 Å². The van der Waals surface area contributed by atoms with Gasteiger partial charge in [-0.25, -0.2) is 13.6 Å². The molecule has 13 heavy (non-hydrogen) atoms. The van der Waals surface area contributed by atoms with E-state index in [2.05, 4.69) is 0 Å². The van der Waals surface area contributed by atoms with Gasteiger partial charge in [0.1, 0.15) is 11.6 Å². The first-order chi connectivity index (χ1) is 6.00. The molecular formula is C7H7F2N3O. The molecule has 2 amide bonds. The predicted octanol–water partition coefficient (Wildman–Crippen LogP) is 1.04. The Labute approximate surface area is 72.5 Å². The molecule has 0 saturated carbocycles. The maximum atomic E-state index is 12.8. The molecule has 0 aliphatic rings. The number of primary amides is 1. The Bertz CT molecular complexity index is 354. The number of halogens is 2. The molecule has 70 valence electrons. The third-order valence-electron chi connectivity index (χ3n) is 1.34. The van der Waals surface area contributed by atoms with E-state index in [1.54, 1.807) is 0 Å². The number of urea groups is 1. The number of amides is 2. The van der Waals surface area contributed by atoms with E-state index >= 15 is 0 Å². The number of carbonyl (C=O) groups is 1. The van der Waals surface area contributed by atoms with Crippen LogP contribution >= 0.6 is 0 Å². The van der Waals surface area contributed by atoms with Gasteiger partial charge in [-0.05, 0) is 6.07 Å². The fourth-order valence-electron chi connectivity index (χ4n) is 0.794. The highest BCUT2D eigenvalue weighted by Gasteiger charge is 2.08. The number of nitrogen functional groups attached to an aromatic ring is 1. The predicted molar refractivity (Wildman–Crippen MR) is 44.0 cm³/mol. The van der Waals surface area contributed by atoms with Gasteiger partial charge in [0.2, 0.25) is 0 Å². The summed E-state index contributed by atoms with van der Waals surface area (Å²) >= 11 is 0. The van der Waals surface area contributed by atoms with Crippen LogP contribution in [-0.2, 0) is 0 Å². The maximum absolute atomic E-state index is 12.8. The molecule has 0 aliphatic heterocycles. The summed E-state index contributed by atoms with van der Waals surface area (Å²) in [6.45, 7) is 0. The average Bonchev–Trinajstić information content (AvgIpc) is 1.99. The molecule has 0 heterocycles. The fraction of sp³-hybridized carbons (Fsp3) is 0. The maximum Gasteiger partial charge on any atom is 0.316 e. The zero-order valence-electron chi connectivity index (χ0n) is 6.47. The van der Waals surface area contributed by atoms with Crippen LogP contribution < -0.4 is 16.8 Å². The van der Waals surface area contributed by atoms with Crippen LogP contribution in [0.3, 0.4) is 0 Å². The molecule has 0 spiro atoms. The third-order valence-corrected chi connectivity index (χ3v) is 1.34. The lowest BCUT2D eigenvalue weighted by atomic mass is 10.2. The van der Waals surface area contributed by atoms with Crippen LogP contribution in [0.5, 0.6) is 0 Å². The molecule has 5 N–H and O–H groups in total. The van der Waals surface area contributed by atoms with Gasteiger partial charge in [-0.3, -0.25) is 0 Å². The van der Waals surface area contributed by atoms with Gasteiger partial charge in [0, 0.05) is 6.07 Å². The molecule has 6 heteroatoms. The largest absolute Gasteiger partial charge is 0.396 e. The number of nitrogens with one attached hydrogen (secondary N) is 1. The number of benzene rings is 1. The topological polar surface area (TPSA) is 81.1 Å². The van der Waals surface area contributed by atoms with Gasteiger partial charge >= 0.3 is 6.03 Å². The van der Waals surface area contributed by atoms with Gasteiger partial charge in [0.15, 0.2) is 0 Å². The van der Waals surface area contributed by atoms with E-state index in [1.807, 2.05) is 5.32 Å². The fourth-order valence-corrected chi connectivity index (χ4v) is 0.794. The number of hydrogen-bond donors (Lipinski definition) is 3. The zero-order valence-corrected chi connectivity index (χ0v) is 6.47. The monoisotopic (exact) mass is 187 g/mol. The molecule has 0 aliphatic carbocycles. The minimum absolute atomic E-state index is 0.244. The first kappa shape index (κ1) is 9.24. The number of anilines is 2. The number of nitrogens with two attached hydrogens (primary N) is 2. The Hall–Kier alpha value is -1.85. The molecule has 0 unspecified atom stereocenters. The second-order valence-electron chi connectivity index (χ2n) is 2.34. The van der Waals surface area contributed by atoms with Crippen LogP contribution in [0.4, 0.5) is 25.0 Å². The van der Waals surface area contributed by atoms with Gasteiger partial charge in [-0.2, -0.15) is 0 Å². The molecule has 0 aromatic heterocycles. The highest BCUT2D eigenvalue weighted by molar-refractivity contribution is 5.88. The van der Waals surface area contributed by atoms with Crippen molar-refractivity contribution in [3.05, 3.63) is 23.8 Å². The van der Waals surface area contributed by atoms with Crippen molar-refractivity contribution in [2.45, 2.75) is 0 Å². The smallest absolute Gasteiger partial charge is 0.316 e. The van der Waals surface area contributed by atoms with Gasteiger partial charge in [-0.1, -0.05) is 0 Å². The van der Waals surface area contributed by atoms with Gasteiger partial charge in [-0.15, -0.1) is 0 Å². The van der Waals surface area contributed by atoms with Gasteiger partial charge in [0.05, 0.1) is 11.4 Å². The van der Waals surface area contributed by atoms with E-state index in [-0.39, 0.29) is 11.4 Å². The summed E-state index contributed by atoms with van der Waals surface area (Å²) in [4.78, 5) is 10.3. The molecule has 4 nitrogen and oxygen atoms in total. The summed E-state index contributed by atoms with van der Waals surface area (Å²) in [7, 11) is 0. The lowest BCUT2D eigenvalue weighted by Crippen LogP contribution is -2.20. The van der Waals surface area contributed by atoms with Crippen molar-refractivity contribution in [2.24, 2.45) is 5.73 Å². The Kier molecular flexibility index (Phi) is 2.32. The quantitative estimate of drug-likeness (QED) is 0.574. The Morgan fingerprint density at radius 1 is 1.31 bits per heavy atom.